The Hall–Kier alpha value is -1.26. The minimum absolute atomic E-state index is 0.349. The van der Waals surface area contributed by atoms with Gasteiger partial charge in [-0.2, -0.15) is 4.98 Å². The van der Waals surface area contributed by atoms with Crippen LogP contribution in [-0.2, 0) is 0 Å². The molecule has 4 N–H and O–H groups in total. The topological polar surface area (TPSA) is 79.6 Å². The van der Waals surface area contributed by atoms with Gasteiger partial charge in [0.05, 0.1) is 0 Å². The number of H-pyrrole nitrogens is 1. The van der Waals surface area contributed by atoms with E-state index in [1.54, 1.807) is 0 Å². The normalized spacial score (nSPS) is 10.6. The van der Waals surface area contributed by atoms with Crippen molar-refractivity contribution in [2.45, 2.75) is 20.3 Å². The number of hydrogen-bond acceptors (Lipinski definition) is 4. The molecule has 1 aromatic heterocycles. The standard InChI is InChI=1S/C7H15N5/c1-5(2)3-4-9-7-10-6(8)11-12-7/h5H,3-4H2,1-2H3,(H4,8,9,10,11,12). The van der Waals surface area contributed by atoms with Crippen LogP contribution in [0.25, 0.3) is 0 Å². The van der Waals surface area contributed by atoms with E-state index in [9.17, 15) is 0 Å². The molecular weight excluding hydrogens is 154 g/mol. The van der Waals surface area contributed by atoms with Crippen LogP contribution >= 0.6 is 0 Å². The Kier molecular flexibility index (Phi) is 2.90. The van der Waals surface area contributed by atoms with Crippen molar-refractivity contribution in [2.24, 2.45) is 5.92 Å². The highest BCUT2D eigenvalue weighted by Gasteiger charge is 1.98. The molecule has 1 aromatic rings. The molecule has 5 nitrogen and oxygen atoms in total. The Morgan fingerprint density at radius 3 is 2.83 bits per heavy atom. The third kappa shape index (κ3) is 2.77. The quantitative estimate of drug-likeness (QED) is 0.624. The molecule has 5 heteroatoms. The van der Waals surface area contributed by atoms with Gasteiger partial charge in [0.1, 0.15) is 0 Å². The second-order valence-corrected chi connectivity index (χ2v) is 3.15. The molecule has 0 saturated carbocycles. The van der Waals surface area contributed by atoms with Gasteiger partial charge in [0.15, 0.2) is 0 Å². The zero-order chi connectivity index (χ0) is 8.97. The Balaban J connectivity index is 2.24. The van der Waals surface area contributed by atoms with E-state index in [1.165, 1.54) is 0 Å². The third-order valence-corrected chi connectivity index (χ3v) is 1.51. The molecule has 0 bridgehead atoms. The fraction of sp³-hybridized carbons (Fsp3) is 0.714. The molecule has 0 fully saturated rings. The maximum Gasteiger partial charge on any atom is 0.243 e. The number of nitrogens with zero attached hydrogens (tertiary/aromatic N) is 2. The lowest BCUT2D eigenvalue weighted by Crippen LogP contribution is -2.05. The number of hydrogen-bond donors (Lipinski definition) is 3. The molecule has 1 rings (SSSR count). The lowest BCUT2D eigenvalue weighted by molar-refractivity contribution is 0.606. The summed E-state index contributed by atoms with van der Waals surface area (Å²) in [7, 11) is 0. The van der Waals surface area contributed by atoms with Gasteiger partial charge in [-0.05, 0) is 12.3 Å². The average molecular weight is 169 g/mol. The first-order valence-electron chi connectivity index (χ1n) is 4.10. The minimum atomic E-state index is 0.349. The predicted octanol–water partition coefficient (Wildman–Crippen LogP) is 0.845. The number of rotatable bonds is 4. The van der Waals surface area contributed by atoms with Crippen molar-refractivity contribution in [1.29, 1.82) is 0 Å². The summed E-state index contributed by atoms with van der Waals surface area (Å²) in [5.41, 5.74) is 5.34. The summed E-state index contributed by atoms with van der Waals surface area (Å²) in [6, 6.07) is 0. The SMILES string of the molecule is CC(C)CCNc1n[nH]c(N)n1. The second kappa shape index (κ2) is 3.94. The van der Waals surface area contributed by atoms with Crippen LogP contribution < -0.4 is 11.1 Å². The summed E-state index contributed by atoms with van der Waals surface area (Å²) in [5, 5.41) is 9.46. The highest BCUT2D eigenvalue weighted by molar-refractivity contribution is 5.29. The number of aromatic nitrogens is 3. The van der Waals surface area contributed by atoms with E-state index in [2.05, 4.69) is 34.3 Å². The first kappa shape index (κ1) is 8.83. The summed E-state index contributed by atoms with van der Waals surface area (Å²) in [5.74, 6) is 1.61. The zero-order valence-electron chi connectivity index (χ0n) is 7.46. The Morgan fingerprint density at radius 2 is 2.33 bits per heavy atom. The summed E-state index contributed by atoms with van der Waals surface area (Å²) in [6.07, 6.45) is 1.11. The lowest BCUT2D eigenvalue weighted by Gasteiger charge is -2.03. The molecule has 0 aromatic carbocycles. The van der Waals surface area contributed by atoms with E-state index in [4.69, 9.17) is 5.73 Å². The van der Waals surface area contributed by atoms with Crippen LogP contribution in [0.4, 0.5) is 11.9 Å². The van der Waals surface area contributed by atoms with Gasteiger partial charge in [-0.15, -0.1) is 5.10 Å². The fourth-order valence-electron chi connectivity index (χ4n) is 0.826. The highest BCUT2D eigenvalue weighted by Crippen LogP contribution is 2.02. The first-order chi connectivity index (χ1) is 5.68. The minimum Gasteiger partial charge on any atom is -0.368 e. The van der Waals surface area contributed by atoms with Gasteiger partial charge >= 0.3 is 0 Å². The highest BCUT2D eigenvalue weighted by atomic mass is 15.3. The van der Waals surface area contributed by atoms with Crippen LogP contribution in [0.2, 0.25) is 0 Å². The van der Waals surface area contributed by atoms with Crippen molar-refractivity contribution < 1.29 is 0 Å². The number of aromatic amines is 1. The van der Waals surface area contributed by atoms with Gasteiger partial charge in [-0.25, -0.2) is 5.10 Å². The molecule has 12 heavy (non-hydrogen) atoms. The molecule has 0 amide bonds. The van der Waals surface area contributed by atoms with Crippen molar-refractivity contribution >= 4 is 11.9 Å². The van der Waals surface area contributed by atoms with E-state index in [1.807, 2.05) is 0 Å². The Morgan fingerprint density at radius 1 is 1.58 bits per heavy atom. The van der Waals surface area contributed by atoms with E-state index >= 15 is 0 Å². The molecule has 0 aliphatic carbocycles. The Labute approximate surface area is 71.8 Å². The number of nitrogens with two attached hydrogens (primary N) is 1. The van der Waals surface area contributed by atoms with Crippen molar-refractivity contribution in [3.05, 3.63) is 0 Å². The predicted molar refractivity (Wildman–Crippen MR) is 48.7 cm³/mol. The van der Waals surface area contributed by atoms with Crippen molar-refractivity contribution in [2.75, 3.05) is 17.6 Å². The molecule has 0 saturated heterocycles. The molecule has 0 radical (unpaired) electrons. The number of anilines is 2. The van der Waals surface area contributed by atoms with Gasteiger partial charge in [0, 0.05) is 6.54 Å². The first-order valence-corrected chi connectivity index (χ1v) is 4.10. The monoisotopic (exact) mass is 169 g/mol. The van der Waals surface area contributed by atoms with E-state index < -0.39 is 0 Å². The molecule has 0 atom stereocenters. The van der Waals surface area contributed by atoms with Gasteiger partial charge in [-0.3, -0.25) is 0 Å². The van der Waals surface area contributed by atoms with Gasteiger partial charge in [0.2, 0.25) is 11.9 Å². The largest absolute Gasteiger partial charge is 0.368 e. The van der Waals surface area contributed by atoms with Crippen LogP contribution in [0.15, 0.2) is 0 Å². The van der Waals surface area contributed by atoms with Crippen LogP contribution in [0, 0.1) is 5.92 Å². The number of nitrogens with one attached hydrogen (secondary N) is 2. The lowest BCUT2D eigenvalue weighted by atomic mass is 10.1. The summed E-state index contributed by atoms with van der Waals surface area (Å²) >= 11 is 0. The molecule has 0 aliphatic rings. The van der Waals surface area contributed by atoms with E-state index in [0.29, 0.717) is 17.8 Å². The maximum absolute atomic E-state index is 5.34. The zero-order valence-corrected chi connectivity index (χ0v) is 7.46. The fourth-order valence-corrected chi connectivity index (χ4v) is 0.826. The van der Waals surface area contributed by atoms with Crippen molar-refractivity contribution in [1.82, 2.24) is 15.2 Å². The van der Waals surface area contributed by atoms with Gasteiger partial charge in [0.25, 0.3) is 0 Å². The third-order valence-electron chi connectivity index (χ3n) is 1.51. The van der Waals surface area contributed by atoms with Gasteiger partial charge in [-0.1, -0.05) is 13.8 Å². The molecular formula is C7H15N5. The van der Waals surface area contributed by atoms with Crippen molar-refractivity contribution in [3.63, 3.8) is 0 Å². The number of nitrogen functional groups attached to an aromatic ring is 1. The Bertz CT molecular complexity index is 229. The summed E-state index contributed by atoms with van der Waals surface area (Å²) in [4.78, 5) is 3.91. The second-order valence-electron chi connectivity index (χ2n) is 3.15. The van der Waals surface area contributed by atoms with Crippen LogP contribution in [-0.4, -0.2) is 21.7 Å². The molecule has 1 heterocycles. The van der Waals surface area contributed by atoms with Gasteiger partial charge < -0.3 is 11.1 Å². The van der Waals surface area contributed by atoms with Crippen LogP contribution in [0.1, 0.15) is 20.3 Å². The summed E-state index contributed by atoms with van der Waals surface area (Å²) in [6.45, 7) is 5.23. The van der Waals surface area contributed by atoms with Crippen LogP contribution in [0.3, 0.4) is 0 Å². The average Bonchev–Trinajstić information content (AvgIpc) is 2.35. The molecule has 0 spiro atoms. The smallest absolute Gasteiger partial charge is 0.243 e. The summed E-state index contributed by atoms with van der Waals surface area (Å²) < 4.78 is 0. The molecule has 68 valence electrons. The van der Waals surface area contributed by atoms with Crippen LogP contribution in [0.5, 0.6) is 0 Å². The van der Waals surface area contributed by atoms with E-state index in [-0.39, 0.29) is 0 Å². The van der Waals surface area contributed by atoms with Crippen molar-refractivity contribution in [3.8, 4) is 0 Å². The maximum atomic E-state index is 5.34. The van der Waals surface area contributed by atoms with E-state index in [0.717, 1.165) is 13.0 Å². The molecule has 0 unspecified atom stereocenters. The molecule has 0 aliphatic heterocycles.